The van der Waals surface area contributed by atoms with Crippen LogP contribution in [0.15, 0.2) is 12.3 Å². The minimum absolute atomic E-state index is 0.560. The highest BCUT2D eigenvalue weighted by atomic mass is 15.3. The van der Waals surface area contributed by atoms with Gasteiger partial charge in [0.15, 0.2) is 0 Å². The van der Waals surface area contributed by atoms with Crippen LogP contribution in [0.25, 0.3) is 0 Å². The molecule has 1 aromatic heterocycles. The lowest BCUT2D eigenvalue weighted by molar-refractivity contribution is 0.301. The lowest BCUT2D eigenvalue weighted by Gasteiger charge is -2.26. The predicted octanol–water partition coefficient (Wildman–Crippen LogP) is 4.35. The van der Waals surface area contributed by atoms with Crippen LogP contribution in [0.4, 0.5) is 0 Å². The number of hydrogen-bond donors (Lipinski definition) is 1. The van der Waals surface area contributed by atoms with Gasteiger partial charge in [0.25, 0.3) is 0 Å². The summed E-state index contributed by atoms with van der Waals surface area (Å²) in [6.07, 6.45) is 14.1. The summed E-state index contributed by atoms with van der Waals surface area (Å²) in [5, 5.41) is 8.32. The highest BCUT2D eigenvalue weighted by Crippen LogP contribution is 2.28. The Labute approximate surface area is 130 Å². The molecule has 1 fully saturated rings. The Kier molecular flexibility index (Phi) is 6.75. The van der Waals surface area contributed by atoms with Crippen molar-refractivity contribution in [1.29, 1.82) is 0 Å². The maximum atomic E-state index is 4.81. The van der Waals surface area contributed by atoms with Crippen molar-refractivity contribution in [3.63, 3.8) is 0 Å². The van der Waals surface area contributed by atoms with Gasteiger partial charge < -0.3 is 5.32 Å². The van der Waals surface area contributed by atoms with E-state index in [4.69, 9.17) is 5.10 Å². The maximum absolute atomic E-state index is 4.81. The molecule has 0 radical (unpaired) electrons. The van der Waals surface area contributed by atoms with Gasteiger partial charge >= 0.3 is 0 Å². The molecule has 0 spiro atoms. The van der Waals surface area contributed by atoms with Gasteiger partial charge in [0.05, 0.1) is 11.7 Å². The van der Waals surface area contributed by atoms with E-state index in [1.54, 1.807) is 0 Å². The molecule has 1 unspecified atom stereocenters. The summed E-state index contributed by atoms with van der Waals surface area (Å²) >= 11 is 0. The molecule has 1 aliphatic rings. The molecule has 1 saturated carbocycles. The van der Waals surface area contributed by atoms with Crippen molar-refractivity contribution in [3.05, 3.63) is 18.0 Å². The third-order valence-corrected chi connectivity index (χ3v) is 5.19. The molecule has 3 heteroatoms. The maximum Gasteiger partial charge on any atom is 0.0640 e. The van der Waals surface area contributed by atoms with Gasteiger partial charge in [-0.15, -0.1) is 0 Å². The summed E-state index contributed by atoms with van der Waals surface area (Å²) < 4.78 is 2.17. The van der Waals surface area contributed by atoms with Crippen molar-refractivity contribution in [2.75, 3.05) is 7.05 Å². The van der Waals surface area contributed by atoms with E-state index in [0.29, 0.717) is 12.1 Å². The molecule has 0 bridgehead atoms. The van der Waals surface area contributed by atoms with E-state index in [1.807, 2.05) is 0 Å². The van der Waals surface area contributed by atoms with Gasteiger partial charge in [-0.2, -0.15) is 5.10 Å². The highest BCUT2D eigenvalue weighted by molar-refractivity contribution is 5.02. The van der Waals surface area contributed by atoms with Crippen molar-refractivity contribution in [1.82, 2.24) is 15.1 Å². The van der Waals surface area contributed by atoms with Gasteiger partial charge in [-0.3, -0.25) is 4.68 Å². The van der Waals surface area contributed by atoms with Crippen molar-refractivity contribution in [3.8, 4) is 0 Å². The van der Waals surface area contributed by atoms with Crippen LogP contribution in [0.5, 0.6) is 0 Å². The van der Waals surface area contributed by atoms with Crippen molar-refractivity contribution < 1.29 is 0 Å². The molecule has 0 aromatic carbocycles. The summed E-state index contributed by atoms with van der Waals surface area (Å²) in [6.45, 7) is 4.49. The predicted molar refractivity (Wildman–Crippen MR) is 89.6 cm³/mol. The Hall–Kier alpha value is -0.830. The first kappa shape index (κ1) is 16.5. The molecule has 21 heavy (non-hydrogen) atoms. The monoisotopic (exact) mass is 291 g/mol. The average molecular weight is 291 g/mol. The van der Waals surface area contributed by atoms with Crippen LogP contribution < -0.4 is 5.32 Å². The first-order valence-corrected chi connectivity index (χ1v) is 8.98. The van der Waals surface area contributed by atoms with Gasteiger partial charge in [-0.25, -0.2) is 0 Å². The van der Waals surface area contributed by atoms with Crippen molar-refractivity contribution in [2.24, 2.45) is 5.92 Å². The molecule has 0 aliphatic heterocycles. The van der Waals surface area contributed by atoms with Crippen molar-refractivity contribution in [2.45, 2.75) is 83.7 Å². The van der Waals surface area contributed by atoms with Crippen LogP contribution in [-0.2, 0) is 6.42 Å². The van der Waals surface area contributed by atoms with Crippen molar-refractivity contribution >= 4 is 0 Å². The molecule has 1 aromatic rings. The van der Waals surface area contributed by atoms with E-state index in [2.05, 4.69) is 43.2 Å². The lowest BCUT2D eigenvalue weighted by atomic mass is 9.84. The van der Waals surface area contributed by atoms with E-state index in [9.17, 15) is 0 Å². The van der Waals surface area contributed by atoms with Gasteiger partial charge in [0.2, 0.25) is 0 Å². The molecule has 2 rings (SSSR count). The topological polar surface area (TPSA) is 29.9 Å². The van der Waals surface area contributed by atoms with Crippen LogP contribution in [0.3, 0.4) is 0 Å². The van der Waals surface area contributed by atoms with Crippen LogP contribution >= 0.6 is 0 Å². The first-order chi connectivity index (χ1) is 10.3. The van der Waals surface area contributed by atoms with E-state index >= 15 is 0 Å². The Morgan fingerprint density at radius 3 is 2.57 bits per heavy atom. The second-order valence-corrected chi connectivity index (χ2v) is 6.69. The molecule has 0 amide bonds. The Morgan fingerprint density at radius 1 is 1.24 bits per heavy atom. The molecule has 120 valence electrons. The molecule has 3 nitrogen and oxygen atoms in total. The summed E-state index contributed by atoms with van der Waals surface area (Å²) in [5.74, 6) is 0.928. The average Bonchev–Trinajstić information content (AvgIpc) is 2.97. The van der Waals surface area contributed by atoms with Gasteiger partial charge in [0.1, 0.15) is 0 Å². The Balaban J connectivity index is 1.88. The van der Waals surface area contributed by atoms with E-state index < -0.39 is 0 Å². The summed E-state index contributed by atoms with van der Waals surface area (Å²) in [4.78, 5) is 0. The van der Waals surface area contributed by atoms with E-state index in [-0.39, 0.29) is 0 Å². The first-order valence-electron chi connectivity index (χ1n) is 8.98. The van der Waals surface area contributed by atoms with E-state index in [1.165, 1.54) is 44.2 Å². The van der Waals surface area contributed by atoms with Crippen LogP contribution in [-0.4, -0.2) is 22.9 Å². The number of rotatable bonds is 8. The SMILES string of the molecule is CCC(CC)n1ccc(CC(CC2CCCCC2)NC)n1. The zero-order valence-corrected chi connectivity index (χ0v) is 14.1. The third-order valence-electron chi connectivity index (χ3n) is 5.19. The third kappa shape index (κ3) is 4.84. The smallest absolute Gasteiger partial charge is 0.0640 e. The highest BCUT2D eigenvalue weighted by Gasteiger charge is 2.19. The minimum atomic E-state index is 0.560. The fourth-order valence-electron chi connectivity index (χ4n) is 3.73. The number of likely N-dealkylation sites (N-methyl/N-ethyl adjacent to an activating group) is 1. The van der Waals surface area contributed by atoms with Crippen LogP contribution in [0, 0.1) is 5.92 Å². The Bertz CT molecular complexity index is 389. The molecule has 0 saturated heterocycles. The molecular formula is C18H33N3. The number of nitrogens with one attached hydrogen (secondary N) is 1. The number of nitrogens with zero attached hydrogens (tertiary/aromatic N) is 2. The number of hydrogen-bond acceptors (Lipinski definition) is 2. The quantitative estimate of drug-likeness (QED) is 0.772. The Morgan fingerprint density at radius 2 is 1.95 bits per heavy atom. The van der Waals surface area contributed by atoms with E-state index in [0.717, 1.165) is 25.2 Å². The lowest BCUT2D eigenvalue weighted by Crippen LogP contribution is -2.31. The molecule has 1 aliphatic carbocycles. The second kappa shape index (κ2) is 8.57. The zero-order valence-electron chi connectivity index (χ0n) is 14.1. The summed E-state index contributed by atoms with van der Waals surface area (Å²) in [5.41, 5.74) is 1.25. The minimum Gasteiger partial charge on any atom is -0.317 e. The van der Waals surface area contributed by atoms with Crippen LogP contribution in [0.2, 0.25) is 0 Å². The number of aromatic nitrogens is 2. The molecular weight excluding hydrogens is 258 g/mol. The zero-order chi connectivity index (χ0) is 15.1. The molecule has 1 atom stereocenters. The van der Waals surface area contributed by atoms with Crippen LogP contribution in [0.1, 0.15) is 76.9 Å². The fourth-order valence-corrected chi connectivity index (χ4v) is 3.73. The van der Waals surface area contributed by atoms with Gasteiger partial charge in [-0.05, 0) is 38.3 Å². The molecule has 1 N–H and O–H groups in total. The second-order valence-electron chi connectivity index (χ2n) is 6.69. The summed E-state index contributed by atoms with van der Waals surface area (Å²) in [7, 11) is 2.10. The fraction of sp³-hybridized carbons (Fsp3) is 0.833. The molecule has 1 heterocycles. The standard InChI is InChI=1S/C18H33N3/c1-4-18(5-2)21-12-11-16(20-21)14-17(19-3)13-15-9-7-6-8-10-15/h11-12,15,17-19H,4-10,13-14H2,1-3H3. The van der Waals surface area contributed by atoms with Gasteiger partial charge in [0, 0.05) is 18.7 Å². The largest absolute Gasteiger partial charge is 0.317 e. The van der Waals surface area contributed by atoms with Gasteiger partial charge in [-0.1, -0.05) is 46.0 Å². The summed E-state index contributed by atoms with van der Waals surface area (Å²) in [6, 6.07) is 3.35. The normalized spacial score (nSPS) is 18.3.